The monoisotopic (exact) mass is 548 g/mol. The lowest BCUT2D eigenvalue weighted by Crippen LogP contribution is -2.66. The molecule has 6 atom stereocenters. The van der Waals surface area contributed by atoms with Crippen LogP contribution < -0.4 is 0 Å². The van der Waals surface area contributed by atoms with Gasteiger partial charge in [-0.3, -0.25) is 24.6 Å². The lowest BCUT2D eigenvalue weighted by molar-refractivity contribution is -0.384. The minimum atomic E-state index is -0.902. The van der Waals surface area contributed by atoms with Crippen molar-refractivity contribution in [3.63, 3.8) is 0 Å². The van der Waals surface area contributed by atoms with Crippen LogP contribution in [0.4, 0.5) is 5.69 Å². The van der Waals surface area contributed by atoms with Crippen LogP contribution in [-0.2, 0) is 25.6 Å². The normalized spacial score (nSPS) is 28.2. The molecule has 11 heteroatoms. The number of nitro benzene ring substituents is 1. The molecular weight excluding hydrogens is 524 g/mol. The Bertz CT molecular complexity index is 1370. The van der Waals surface area contributed by atoms with Crippen LogP contribution in [0.1, 0.15) is 38.1 Å². The van der Waals surface area contributed by atoms with Gasteiger partial charge in [0.2, 0.25) is 0 Å². The van der Waals surface area contributed by atoms with Gasteiger partial charge in [0, 0.05) is 17.7 Å². The van der Waals surface area contributed by atoms with Crippen LogP contribution in [0.25, 0.3) is 0 Å². The lowest BCUT2D eigenvalue weighted by atomic mass is 9.95. The van der Waals surface area contributed by atoms with E-state index in [1.54, 1.807) is 36.4 Å². The Labute approximate surface area is 229 Å². The van der Waals surface area contributed by atoms with Crippen LogP contribution in [0.5, 0.6) is 0 Å². The third-order valence-corrected chi connectivity index (χ3v) is 7.54. The second-order valence-electron chi connectivity index (χ2n) is 9.46. The van der Waals surface area contributed by atoms with Gasteiger partial charge in [0.15, 0.2) is 6.29 Å². The molecule has 3 heterocycles. The Hall–Kier alpha value is -3.61. The summed E-state index contributed by atoms with van der Waals surface area (Å²) in [6.07, 6.45) is -3.00. The van der Waals surface area contributed by atoms with Gasteiger partial charge in [-0.05, 0) is 29.8 Å². The first-order chi connectivity index (χ1) is 18.9. The summed E-state index contributed by atoms with van der Waals surface area (Å²) in [5, 5.41) is 11.1. The van der Waals surface area contributed by atoms with E-state index in [2.05, 4.69) is 12.6 Å². The summed E-state index contributed by atoms with van der Waals surface area (Å²) in [6.45, 7) is 0.324. The van der Waals surface area contributed by atoms with Gasteiger partial charge in [0.25, 0.3) is 17.5 Å². The first kappa shape index (κ1) is 25.7. The zero-order valence-corrected chi connectivity index (χ0v) is 21.4. The second-order valence-corrected chi connectivity index (χ2v) is 9.97. The van der Waals surface area contributed by atoms with E-state index >= 15 is 0 Å². The van der Waals surface area contributed by atoms with E-state index < -0.39 is 52.8 Å². The minimum absolute atomic E-state index is 0.0545. The first-order valence-corrected chi connectivity index (χ1v) is 12.9. The second kappa shape index (κ2) is 10.5. The van der Waals surface area contributed by atoms with Crippen LogP contribution in [0, 0.1) is 10.1 Å². The van der Waals surface area contributed by atoms with Crippen LogP contribution in [0.2, 0.25) is 0 Å². The van der Waals surface area contributed by atoms with Gasteiger partial charge in [-0.15, -0.1) is 12.6 Å². The highest BCUT2D eigenvalue weighted by Gasteiger charge is 2.55. The van der Waals surface area contributed by atoms with Crippen LogP contribution in [0.3, 0.4) is 0 Å². The van der Waals surface area contributed by atoms with Crippen LogP contribution in [-0.4, -0.2) is 58.0 Å². The number of nitrogens with zero attached hydrogens (tertiary/aromatic N) is 2. The van der Waals surface area contributed by atoms with Crippen LogP contribution >= 0.6 is 12.6 Å². The third-order valence-electron chi connectivity index (χ3n) is 7.11. The van der Waals surface area contributed by atoms with Gasteiger partial charge < -0.3 is 18.9 Å². The molecule has 3 aliphatic rings. The first-order valence-electron chi connectivity index (χ1n) is 12.4. The average Bonchev–Trinajstić information content (AvgIpc) is 3.21. The smallest absolute Gasteiger partial charge is 0.269 e. The zero-order chi connectivity index (χ0) is 27.1. The quantitative estimate of drug-likeness (QED) is 0.213. The maximum atomic E-state index is 13.4. The Morgan fingerprint density at radius 1 is 0.923 bits per heavy atom. The largest absolute Gasteiger partial charge is 0.368 e. The lowest BCUT2D eigenvalue weighted by Gasteiger charge is -2.50. The highest BCUT2D eigenvalue weighted by molar-refractivity contribution is 7.80. The molecule has 1 unspecified atom stereocenters. The molecule has 2 amide bonds. The van der Waals surface area contributed by atoms with Gasteiger partial charge in [-0.2, -0.15) is 0 Å². The molecule has 0 aliphatic carbocycles. The van der Waals surface area contributed by atoms with E-state index in [4.69, 9.17) is 18.9 Å². The van der Waals surface area contributed by atoms with Gasteiger partial charge in [0.05, 0.1) is 29.3 Å². The summed E-state index contributed by atoms with van der Waals surface area (Å²) in [6, 6.07) is 21.1. The predicted octanol–water partition coefficient (Wildman–Crippen LogP) is 3.91. The fourth-order valence-electron chi connectivity index (χ4n) is 5.21. The average molecular weight is 549 g/mol. The Balaban J connectivity index is 1.33. The Morgan fingerprint density at radius 3 is 2.21 bits per heavy atom. The highest BCUT2D eigenvalue weighted by Crippen LogP contribution is 2.40. The molecule has 0 aromatic heterocycles. The molecule has 0 N–H and O–H groups in total. The highest BCUT2D eigenvalue weighted by atomic mass is 32.1. The molecule has 200 valence electrons. The summed E-state index contributed by atoms with van der Waals surface area (Å²) in [4.78, 5) is 38.6. The molecule has 2 saturated heterocycles. The molecule has 3 aromatic carbocycles. The van der Waals surface area contributed by atoms with Gasteiger partial charge >= 0.3 is 0 Å². The van der Waals surface area contributed by atoms with Gasteiger partial charge in [-0.25, -0.2) is 0 Å². The van der Waals surface area contributed by atoms with Crippen molar-refractivity contribution in [2.24, 2.45) is 0 Å². The molecule has 3 aliphatic heterocycles. The van der Waals surface area contributed by atoms with Crippen molar-refractivity contribution in [3.05, 3.63) is 111 Å². The molecule has 0 radical (unpaired) electrons. The van der Waals surface area contributed by atoms with E-state index in [0.29, 0.717) is 16.7 Å². The predicted molar refractivity (Wildman–Crippen MR) is 140 cm³/mol. The molecule has 3 aromatic rings. The molecule has 6 rings (SSSR count). The van der Waals surface area contributed by atoms with Crippen molar-refractivity contribution < 1.29 is 33.5 Å². The Kier molecular flexibility index (Phi) is 6.92. The number of hydrogen-bond acceptors (Lipinski definition) is 9. The fourth-order valence-corrected chi connectivity index (χ4v) is 5.67. The number of rotatable bonds is 6. The van der Waals surface area contributed by atoms with Crippen molar-refractivity contribution in [1.29, 1.82) is 0 Å². The summed E-state index contributed by atoms with van der Waals surface area (Å²) in [5.41, 5.74) is 1.17. The molecule has 39 heavy (non-hydrogen) atoms. The zero-order valence-electron chi connectivity index (χ0n) is 20.5. The maximum absolute atomic E-state index is 13.4. The van der Waals surface area contributed by atoms with E-state index in [1.807, 2.05) is 30.3 Å². The molecule has 0 bridgehead atoms. The number of carbonyl (C=O) groups is 2. The summed E-state index contributed by atoms with van der Waals surface area (Å²) in [7, 11) is 0. The SMILES string of the molecule is O=C1c2ccccc2C(=O)N1[C@@H]1[C@@H](OCc2ccccc2)[C@H]2OC(c3ccc([N+](=O)[O-])cc3)OC[C@H]2O[C@H]1S. The maximum Gasteiger partial charge on any atom is 0.269 e. The molecule has 10 nitrogen and oxygen atoms in total. The van der Waals surface area contributed by atoms with Crippen molar-refractivity contribution in [3.8, 4) is 0 Å². The fraction of sp³-hybridized carbons (Fsp3) is 0.286. The molecule has 0 saturated carbocycles. The van der Waals surface area contributed by atoms with Gasteiger partial charge in [0.1, 0.15) is 29.8 Å². The van der Waals surface area contributed by atoms with E-state index in [0.717, 1.165) is 10.5 Å². The standard InChI is InChI=1S/C28H24N2O8S/c31-25-19-8-4-5-9-20(19)26(32)29(25)22-24(35-14-16-6-2-1-3-7-16)23-21(37-28(22)39)15-36-27(38-23)17-10-12-18(13-11-17)30(33)34/h1-13,21-24,27-28,39H,14-15H2/t21-,22-,23+,24-,27?,28+/m1/s1. The molecular formula is C28H24N2O8S. The van der Waals surface area contributed by atoms with E-state index in [1.165, 1.54) is 12.1 Å². The number of amides is 2. The third kappa shape index (κ3) is 4.72. The Morgan fingerprint density at radius 2 is 1.56 bits per heavy atom. The van der Waals surface area contributed by atoms with Crippen molar-refractivity contribution in [2.45, 2.75) is 42.7 Å². The summed E-state index contributed by atoms with van der Waals surface area (Å²) >= 11 is 4.65. The van der Waals surface area contributed by atoms with E-state index in [-0.39, 0.29) is 18.9 Å². The number of thiol groups is 1. The van der Waals surface area contributed by atoms with Gasteiger partial charge in [-0.1, -0.05) is 42.5 Å². The van der Waals surface area contributed by atoms with E-state index in [9.17, 15) is 19.7 Å². The molecule has 2 fully saturated rings. The number of fused-ring (bicyclic) bond motifs is 2. The minimum Gasteiger partial charge on any atom is -0.368 e. The number of nitro groups is 1. The number of carbonyl (C=O) groups excluding carboxylic acids is 2. The number of non-ortho nitro benzene ring substituents is 1. The van der Waals surface area contributed by atoms with Crippen molar-refractivity contribution in [1.82, 2.24) is 4.90 Å². The topological polar surface area (TPSA) is 117 Å². The number of hydrogen-bond donors (Lipinski definition) is 1. The number of imide groups is 1. The molecule has 0 spiro atoms. The summed E-state index contributed by atoms with van der Waals surface area (Å²) in [5.74, 6) is -0.900. The van der Waals surface area contributed by atoms with Crippen molar-refractivity contribution >= 4 is 30.1 Å². The number of ether oxygens (including phenoxy) is 4. The number of benzene rings is 3. The summed E-state index contributed by atoms with van der Waals surface area (Å²) < 4.78 is 24.8. The van der Waals surface area contributed by atoms with Crippen molar-refractivity contribution in [2.75, 3.05) is 6.61 Å². The van der Waals surface area contributed by atoms with Crippen LogP contribution in [0.15, 0.2) is 78.9 Å².